The number of hydrogen-bond acceptors (Lipinski definition) is 3. The van der Waals surface area contributed by atoms with Crippen LogP contribution in [-0.2, 0) is 16.0 Å². The summed E-state index contributed by atoms with van der Waals surface area (Å²) in [7, 11) is 0. The number of benzene rings is 2. The van der Waals surface area contributed by atoms with Crippen molar-refractivity contribution < 1.29 is 18.8 Å². The summed E-state index contributed by atoms with van der Waals surface area (Å²) in [4.78, 5) is 42.0. The zero-order valence-electron chi connectivity index (χ0n) is 16.4. The van der Waals surface area contributed by atoms with Crippen molar-refractivity contribution >= 4 is 34.3 Å². The smallest absolute Gasteiger partial charge is 0.254 e. The second-order valence-corrected chi connectivity index (χ2v) is 7.24. The van der Waals surface area contributed by atoms with Crippen molar-refractivity contribution in [2.24, 2.45) is 0 Å². The van der Waals surface area contributed by atoms with Gasteiger partial charge in [0.1, 0.15) is 18.4 Å². The van der Waals surface area contributed by atoms with Crippen molar-refractivity contribution in [3.8, 4) is 0 Å². The maximum Gasteiger partial charge on any atom is 0.254 e. The van der Waals surface area contributed by atoms with E-state index in [4.69, 9.17) is 0 Å². The van der Waals surface area contributed by atoms with Gasteiger partial charge in [-0.25, -0.2) is 4.39 Å². The first-order valence-electron chi connectivity index (χ1n) is 9.67. The molecular weight excluding hydrogens is 387 g/mol. The Hall–Kier alpha value is -3.68. The molecule has 3 aromatic rings. The van der Waals surface area contributed by atoms with E-state index < -0.39 is 6.04 Å². The summed E-state index contributed by atoms with van der Waals surface area (Å²) in [5.41, 5.74) is 2.48. The van der Waals surface area contributed by atoms with Crippen LogP contribution in [0.5, 0.6) is 0 Å². The Labute approximate surface area is 172 Å². The molecule has 1 atom stereocenters. The minimum absolute atomic E-state index is 0.197. The Balaban J connectivity index is 1.44. The third-order valence-corrected chi connectivity index (χ3v) is 5.17. The van der Waals surface area contributed by atoms with Crippen LogP contribution in [0.4, 0.5) is 10.1 Å². The van der Waals surface area contributed by atoms with Crippen LogP contribution in [0.1, 0.15) is 22.8 Å². The van der Waals surface area contributed by atoms with Crippen molar-refractivity contribution in [2.75, 3.05) is 18.0 Å². The van der Waals surface area contributed by atoms with Gasteiger partial charge >= 0.3 is 0 Å². The molecule has 2 heterocycles. The van der Waals surface area contributed by atoms with E-state index in [-0.39, 0.29) is 30.1 Å². The molecule has 7 nitrogen and oxygen atoms in total. The largest absolute Gasteiger partial charge is 0.361 e. The molecular formula is C22H21FN4O3. The monoisotopic (exact) mass is 408 g/mol. The summed E-state index contributed by atoms with van der Waals surface area (Å²) in [6.07, 6.45) is 2.31. The van der Waals surface area contributed by atoms with Crippen LogP contribution in [0.2, 0.25) is 0 Å². The van der Waals surface area contributed by atoms with E-state index in [0.717, 1.165) is 16.5 Å². The van der Waals surface area contributed by atoms with Crippen molar-refractivity contribution in [3.63, 3.8) is 0 Å². The van der Waals surface area contributed by atoms with Gasteiger partial charge in [-0.3, -0.25) is 14.4 Å². The molecule has 0 spiro atoms. The number of amides is 3. The maximum atomic E-state index is 13.5. The molecule has 0 aliphatic carbocycles. The molecule has 4 rings (SSSR count). The number of H-pyrrole nitrogens is 1. The summed E-state index contributed by atoms with van der Waals surface area (Å²) in [5.74, 6) is -1.36. The van der Waals surface area contributed by atoms with Crippen molar-refractivity contribution in [2.45, 2.75) is 19.4 Å². The SMILES string of the molecule is CC1NC(=O)c2ccccc2N(CC(=O)NCCc2c[nH]c3ccc(F)cc23)C1=O. The number of fused-ring (bicyclic) bond motifs is 2. The number of aromatic nitrogens is 1. The molecule has 0 saturated carbocycles. The summed E-state index contributed by atoms with van der Waals surface area (Å²) in [6, 6.07) is 10.5. The van der Waals surface area contributed by atoms with Crippen LogP contribution in [0.15, 0.2) is 48.7 Å². The van der Waals surface area contributed by atoms with E-state index in [2.05, 4.69) is 15.6 Å². The highest BCUT2D eigenvalue weighted by Gasteiger charge is 2.32. The lowest BCUT2D eigenvalue weighted by Gasteiger charge is -2.23. The highest BCUT2D eigenvalue weighted by molar-refractivity contribution is 6.12. The van der Waals surface area contributed by atoms with E-state index in [0.29, 0.717) is 24.2 Å². The molecule has 1 aromatic heterocycles. The van der Waals surface area contributed by atoms with E-state index in [9.17, 15) is 18.8 Å². The third-order valence-electron chi connectivity index (χ3n) is 5.17. The Bertz CT molecular complexity index is 1140. The van der Waals surface area contributed by atoms with Gasteiger partial charge < -0.3 is 20.5 Å². The Morgan fingerprint density at radius 1 is 1.20 bits per heavy atom. The number of nitrogens with one attached hydrogen (secondary N) is 3. The first-order valence-corrected chi connectivity index (χ1v) is 9.67. The number of hydrogen-bond donors (Lipinski definition) is 3. The number of aromatic amines is 1. The van der Waals surface area contributed by atoms with Gasteiger partial charge in [-0.1, -0.05) is 12.1 Å². The van der Waals surface area contributed by atoms with Gasteiger partial charge in [0.2, 0.25) is 11.8 Å². The van der Waals surface area contributed by atoms with E-state index in [1.54, 1.807) is 43.5 Å². The lowest BCUT2D eigenvalue weighted by molar-refractivity contribution is -0.124. The van der Waals surface area contributed by atoms with Crippen LogP contribution in [0, 0.1) is 5.82 Å². The Morgan fingerprint density at radius 3 is 2.83 bits per heavy atom. The van der Waals surface area contributed by atoms with Gasteiger partial charge in [0.15, 0.2) is 0 Å². The quantitative estimate of drug-likeness (QED) is 0.604. The summed E-state index contributed by atoms with van der Waals surface area (Å²) >= 11 is 0. The molecule has 8 heteroatoms. The second kappa shape index (κ2) is 7.98. The van der Waals surface area contributed by atoms with E-state index >= 15 is 0 Å². The van der Waals surface area contributed by atoms with Gasteiger partial charge in [-0.05, 0) is 49.2 Å². The molecule has 2 aromatic carbocycles. The molecule has 154 valence electrons. The first-order chi connectivity index (χ1) is 14.4. The number of nitrogens with zero attached hydrogens (tertiary/aromatic N) is 1. The molecule has 1 aliphatic heterocycles. The van der Waals surface area contributed by atoms with Crippen LogP contribution >= 0.6 is 0 Å². The van der Waals surface area contributed by atoms with Crippen molar-refractivity contribution in [1.29, 1.82) is 0 Å². The van der Waals surface area contributed by atoms with Crippen LogP contribution < -0.4 is 15.5 Å². The molecule has 1 aliphatic rings. The number of anilines is 1. The van der Waals surface area contributed by atoms with E-state index in [1.807, 2.05) is 0 Å². The molecule has 3 N–H and O–H groups in total. The predicted octanol–water partition coefficient (Wildman–Crippen LogP) is 2.13. The lowest BCUT2D eigenvalue weighted by atomic mass is 10.1. The van der Waals surface area contributed by atoms with Crippen LogP contribution in [0.3, 0.4) is 0 Å². The fraction of sp³-hybridized carbons (Fsp3) is 0.227. The average molecular weight is 408 g/mol. The van der Waals surface area contributed by atoms with Gasteiger partial charge in [-0.2, -0.15) is 0 Å². The summed E-state index contributed by atoms with van der Waals surface area (Å²) < 4.78 is 13.5. The van der Waals surface area contributed by atoms with Crippen molar-refractivity contribution in [1.82, 2.24) is 15.6 Å². The summed E-state index contributed by atoms with van der Waals surface area (Å²) in [5, 5.41) is 6.21. The number of rotatable bonds is 5. The topological polar surface area (TPSA) is 94.3 Å². The summed E-state index contributed by atoms with van der Waals surface area (Å²) in [6.45, 7) is 1.73. The predicted molar refractivity (Wildman–Crippen MR) is 111 cm³/mol. The molecule has 0 bridgehead atoms. The second-order valence-electron chi connectivity index (χ2n) is 7.24. The molecule has 0 radical (unpaired) electrons. The first kappa shape index (κ1) is 19.6. The van der Waals surface area contributed by atoms with Gasteiger partial charge in [-0.15, -0.1) is 0 Å². The van der Waals surface area contributed by atoms with Crippen molar-refractivity contribution in [3.05, 3.63) is 65.6 Å². The highest BCUT2D eigenvalue weighted by Crippen LogP contribution is 2.24. The fourth-order valence-corrected chi connectivity index (χ4v) is 3.65. The minimum Gasteiger partial charge on any atom is -0.361 e. The minimum atomic E-state index is -0.737. The standard InChI is InChI=1S/C22H21FN4O3/c1-13-22(30)27(19-5-3-2-4-16(19)21(29)26-13)12-20(28)24-9-8-14-11-25-18-7-6-15(23)10-17(14)18/h2-7,10-11,13,25H,8-9,12H2,1H3,(H,24,28)(H,26,29). The molecule has 0 saturated heterocycles. The molecule has 1 unspecified atom stereocenters. The number of carbonyl (C=O) groups excluding carboxylic acids is 3. The van der Waals surface area contributed by atoms with Gasteiger partial charge in [0.25, 0.3) is 5.91 Å². The lowest BCUT2D eigenvalue weighted by Crippen LogP contribution is -2.47. The average Bonchev–Trinajstić information content (AvgIpc) is 3.10. The Kier molecular flexibility index (Phi) is 5.22. The van der Waals surface area contributed by atoms with E-state index in [1.165, 1.54) is 17.0 Å². The molecule has 0 fully saturated rings. The van der Waals surface area contributed by atoms with Crippen LogP contribution in [-0.4, -0.2) is 41.8 Å². The van der Waals surface area contributed by atoms with Crippen LogP contribution in [0.25, 0.3) is 10.9 Å². The number of para-hydroxylation sites is 1. The highest BCUT2D eigenvalue weighted by atomic mass is 19.1. The van der Waals surface area contributed by atoms with Gasteiger partial charge in [0.05, 0.1) is 11.3 Å². The number of carbonyl (C=O) groups is 3. The fourth-order valence-electron chi connectivity index (χ4n) is 3.65. The zero-order valence-corrected chi connectivity index (χ0v) is 16.4. The molecule has 30 heavy (non-hydrogen) atoms. The van der Waals surface area contributed by atoms with Gasteiger partial charge in [0, 0.05) is 23.6 Å². The maximum absolute atomic E-state index is 13.5. The third kappa shape index (κ3) is 3.76. The molecule has 3 amide bonds. The normalized spacial score (nSPS) is 16.2. The Morgan fingerprint density at radius 2 is 2.00 bits per heavy atom. The zero-order chi connectivity index (χ0) is 21.3. The number of halogens is 1.